The Bertz CT molecular complexity index is 1010. The van der Waals surface area contributed by atoms with E-state index in [-0.39, 0.29) is 11.9 Å². The highest BCUT2D eigenvalue weighted by Gasteiger charge is 2.34. The summed E-state index contributed by atoms with van der Waals surface area (Å²) < 4.78 is 5.48. The van der Waals surface area contributed by atoms with Crippen LogP contribution in [0.15, 0.2) is 22.7 Å². The average Bonchev–Trinajstić information content (AvgIpc) is 3.35. The van der Waals surface area contributed by atoms with Gasteiger partial charge in [-0.15, -0.1) is 0 Å². The standard InChI is InChI=1S/C22H27N3O2/c1-12(2)18-11-16(24-27-18)17-7-6-10-25(17)22(26)21-15(5)19-13(3)8-9-14(4)20(19)23-21/h8-9,11-12,17,23H,6-7,10H2,1-5H3. The number of fused-ring (bicyclic) bond motifs is 1. The Balaban J connectivity index is 1.71. The Morgan fingerprint density at radius 1 is 1.26 bits per heavy atom. The van der Waals surface area contributed by atoms with Crippen LogP contribution < -0.4 is 0 Å². The second-order valence-corrected chi connectivity index (χ2v) is 8.04. The van der Waals surface area contributed by atoms with Crippen molar-refractivity contribution in [2.24, 2.45) is 0 Å². The summed E-state index contributed by atoms with van der Waals surface area (Å²) in [7, 11) is 0. The molecule has 1 amide bonds. The molecule has 1 aliphatic rings. The van der Waals surface area contributed by atoms with Gasteiger partial charge in [-0.05, 0) is 50.3 Å². The van der Waals surface area contributed by atoms with Gasteiger partial charge in [-0.1, -0.05) is 31.1 Å². The molecule has 1 N–H and O–H groups in total. The van der Waals surface area contributed by atoms with Crippen LogP contribution >= 0.6 is 0 Å². The molecule has 0 radical (unpaired) electrons. The Labute approximate surface area is 159 Å². The fourth-order valence-corrected chi connectivity index (χ4v) is 4.21. The molecule has 142 valence electrons. The van der Waals surface area contributed by atoms with Gasteiger partial charge in [0.15, 0.2) is 0 Å². The number of nitrogens with zero attached hydrogens (tertiary/aromatic N) is 2. The van der Waals surface area contributed by atoms with Crippen molar-refractivity contribution in [2.45, 2.75) is 59.4 Å². The molecule has 3 heterocycles. The van der Waals surface area contributed by atoms with Crippen LogP contribution in [0.25, 0.3) is 10.9 Å². The molecule has 3 aromatic rings. The number of H-pyrrole nitrogens is 1. The first-order valence-corrected chi connectivity index (χ1v) is 9.74. The van der Waals surface area contributed by atoms with Gasteiger partial charge in [0, 0.05) is 29.4 Å². The molecule has 0 aliphatic carbocycles. The minimum absolute atomic E-state index is 0.0123. The van der Waals surface area contributed by atoms with E-state index in [1.165, 1.54) is 5.56 Å². The number of aryl methyl sites for hydroxylation is 3. The highest BCUT2D eigenvalue weighted by Crippen LogP contribution is 2.35. The lowest BCUT2D eigenvalue weighted by atomic mass is 10.0. The molecular formula is C22H27N3O2. The van der Waals surface area contributed by atoms with E-state index in [0.29, 0.717) is 11.6 Å². The molecule has 2 aromatic heterocycles. The van der Waals surface area contributed by atoms with Crippen molar-refractivity contribution >= 4 is 16.8 Å². The maximum absolute atomic E-state index is 13.4. The maximum atomic E-state index is 13.4. The van der Waals surface area contributed by atoms with Crippen molar-refractivity contribution < 1.29 is 9.32 Å². The third kappa shape index (κ3) is 2.85. The van der Waals surface area contributed by atoms with Gasteiger partial charge >= 0.3 is 0 Å². The van der Waals surface area contributed by atoms with Gasteiger partial charge < -0.3 is 14.4 Å². The number of carbonyl (C=O) groups is 1. The minimum atomic E-state index is -0.0123. The highest BCUT2D eigenvalue weighted by atomic mass is 16.5. The molecule has 4 rings (SSSR count). The number of likely N-dealkylation sites (tertiary alicyclic amines) is 1. The van der Waals surface area contributed by atoms with Crippen LogP contribution in [-0.4, -0.2) is 27.5 Å². The second kappa shape index (κ2) is 6.55. The normalized spacial score (nSPS) is 17.4. The summed E-state index contributed by atoms with van der Waals surface area (Å²) in [5, 5.41) is 5.42. The number of hydrogen-bond acceptors (Lipinski definition) is 3. The lowest BCUT2D eigenvalue weighted by molar-refractivity contribution is 0.0725. The molecule has 1 fully saturated rings. The van der Waals surface area contributed by atoms with E-state index in [9.17, 15) is 4.79 Å². The van der Waals surface area contributed by atoms with Crippen molar-refractivity contribution in [1.29, 1.82) is 0 Å². The topological polar surface area (TPSA) is 62.1 Å². The lowest BCUT2D eigenvalue weighted by Crippen LogP contribution is -2.31. The van der Waals surface area contributed by atoms with Gasteiger partial charge in [0.2, 0.25) is 0 Å². The minimum Gasteiger partial charge on any atom is -0.361 e. The predicted octanol–water partition coefficient (Wildman–Crippen LogP) is 5.18. The van der Waals surface area contributed by atoms with E-state index in [1.807, 2.05) is 17.9 Å². The quantitative estimate of drug-likeness (QED) is 0.695. The van der Waals surface area contributed by atoms with Crippen LogP contribution in [0.4, 0.5) is 0 Å². The van der Waals surface area contributed by atoms with Crippen LogP contribution in [0.3, 0.4) is 0 Å². The summed E-state index contributed by atoms with van der Waals surface area (Å²) in [5.41, 5.74) is 6.01. The zero-order valence-corrected chi connectivity index (χ0v) is 16.7. The zero-order valence-electron chi connectivity index (χ0n) is 16.7. The van der Waals surface area contributed by atoms with Crippen LogP contribution in [0.1, 0.15) is 77.3 Å². The predicted molar refractivity (Wildman–Crippen MR) is 106 cm³/mol. The molecule has 5 heteroatoms. The van der Waals surface area contributed by atoms with E-state index in [1.54, 1.807) is 0 Å². The van der Waals surface area contributed by atoms with Crippen molar-refractivity contribution in [3.63, 3.8) is 0 Å². The van der Waals surface area contributed by atoms with Crippen LogP contribution in [0, 0.1) is 20.8 Å². The average molecular weight is 365 g/mol. The first-order chi connectivity index (χ1) is 12.9. The smallest absolute Gasteiger partial charge is 0.271 e. The van der Waals surface area contributed by atoms with Crippen molar-refractivity contribution in [3.05, 3.63) is 52.0 Å². The summed E-state index contributed by atoms with van der Waals surface area (Å²) in [6.45, 7) is 11.1. The number of rotatable bonds is 3. The molecule has 1 aliphatic heterocycles. The van der Waals surface area contributed by atoms with E-state index < -0.39 is 0 Å². The van der Waals surface area contributed by atoms with E-state index in [4.69, 9.17) is 4.52 Å². The molecule has 1 saturated heterocycles. The number of nitrogens with one attached hydrogen (secondary N) is 1. The number of hydrogen-bond donors (Lipinski definition) is 1. The largest absolute Gasteiger partial charge is 0.361 e. The Morgan fingerprint density at radius 3 is 2.67 bits per heavy atom. The molecule has 0 bridgehead atoms. The number of benzene rings is 1. The third-order valence-electron chi connectivity index (χ3n) is 5.81. The van der Waals surface area contributed by atoms with Gasteiger partial charge in [0.1, 0.15) is 17.1 Å². The monoisotopic (exact) mass is 365 g/mol. The summed E-state index contributed by atoms with van der Waals surface area (Å²) in [4.78, 5) is 18.8. The zero-order chi connectivity index (χ0) is 19.3. The van der Waals surface area contributed by atoms with Crippen LogP contribution in [-0.2, 0) is 0 Å². The first kappa shape index (κ1) is 17.8. The van der Waals surface area contributed by atoms with Gasteiger partial charge in [-0.2, -0.15) is 0 Å². The summed E-state index contributed by atoms with van der Waals surface area (Å²) in [6.07, 6.45) is 1.91. The van der Waals surface area contributed by atoms with Gasteiger partial charge in [0.05, 0.1) is 6.04 Å². The van der Waals surface area contributed by atoms with Gasteiger partial charge in [0.25, 0.3) is 5.91 Å². The fourth-order valence-electron chi connectivity index (χ4n) is 4.21. The van der Waals surface area contributed by atoms with E-state index in [2.05, 4.69) is 50.0 Å². The lowest BCUT2D eigenvalue weighted by Gasteiger charge is -2.22. The number of aromatic nitrogens is 2. The molecule has 27 heavy (non-hydrogen) atoms. The summed E-state index contributed by atoms with van der Waals surface area (Å²) in [5.74, 6) is 1.22. The Kier molecular flexibility index (Phi) is 4.33. The van der Waals surface area contributed by atoms with E-state index in [0.717, 1.165) is 52.9 Å². The molecule has 5 nitrogen and oxygen atoms in total. The van der Waals surface area contributed by atoms with Gasteiger partial charge in [-0.25, -0.2) is 0 Å². The first-order valence-electron chi connectivity index (χ1n) is 9.74. The summed E-state index contributed by atoms with van der Waals surface area (Å²) >= 11 is 0. The SMILES string of the molecule is Cc1ccc(C)c2c(C)c(C(=O)N3CCCC3c3cc(C(C)C)on3)[nH]c12. The van der Waals surface area contributed by atoms with Crippen LogP contribution in [0.2, 0.25) is 0 Å². The van der Waals surface area contributed by atoms with Crippen molar-refractivity contribution in [1.82, 2.24) is 15.0 Å². The molecule has 1 unspecified atom stereocenters. The highest BCUT2D eigenvalue weighted by molar-refractivity contribution is 6.02. The molecule has 0 saturated carbocycles. The Hall–Kier alpha value is -2.56. The second-order valence-electron chi connectivity index (χ2n) is 8.04. The van der Waals surface area contributed by atoms with Crippen LogP contribution in [0.5, 0.6) is 0 Å². The number of aromatic amines is 1. The van der Waals surface area contributed by atoms with Gasteiger partial charge in [-0.3, -0.25) is 4.79 Å². The van der Waals surface area contributed by atoms with E-state index >= 15 is 0 Å². The third-order valence-corrected chi connectivity index (χ3v) is 5.81. The fraction of sp³-hybridized carbons (Fsp3) is 0.455. The molecule has 0 spiro atoms. The number of amides is 1. The number of carbonyl (C=O) groups excluding carboxylic acids is 1. The molecule has 1 atom stereocenters. The molecular weight excluding hydrogens is 338 g/mol. The van der Waals surface area contributed by atoms with Crippen molar-refractivity contribution in [3.8, 4) is 0 Å². The van der Waals surface area contributed by atoms with Crippen molar-refractivity contribution in [2.75, 3.05) is 6.54 Å². The maximum Gasteiger partial charge on any atom is 0.271 e. The molecule has 1 aromatic carbocycles. The summed E-state index contributed by atoms with van der Waals surface area (Å²) in [6, 6.07) is 6.21. The Morgan fingerprint density at radius 2 is 2.00 bits per heavy atom.